The molecule has 0 saturated carbocycles. The number of halogens is 2. The second kappa shape index (κ2) is 8.60. The minimum Gasteiger partial charge on any atom is -0.323 e. The molecule has 1 atom stereocenters. The molecule has 1 N–H and O–H groups in total. The van der Waals surface area contributed by atoms with Crippen LogP contribution in [-0.2, 0) is 4.79 Å². The zero-order valence-corrected chi connectivity index (χ0v) is 15.0. The van der Waals surface area contributed by atoms with E-state index >= 15 is 0 Å². The molecule has 9 heteroatoms. The number of nitrogens with one attached hydrogen (secondary N) is 1. The minimum atomic E-state index is -0.675. The highest BCUT2D eigenvalue weighted by atomic mass is 32.2. The monoisotopic (exact) mass is 375 g/mol. The van der Waals surface area contributed by atoms with Crippen molar-refractivity contribution >= 4 is 46.5 Å². The van der Waals surface area contributed by atoms with Gasteiger partial charge in [0.05, 0.1) is 10.9 Å². The number of carbonyl (C=O) groups excluding carboxylic acids is 1. The van der Waals surface area contributed by atoms with Crippen molar-refractivity contribution in [3.05, 3.63) is 29.8 Å². The number of hydrogen-bond acceptors (Lipinski definition) is 6. The van der Waals surface area contributed by atoms with Gasteiger partial charge in [-0.3, -0.25) is 4.79 Å². The molecule has 124 valence electrons. The molecule has 0 radical (unpaired) electrons. The molecule has 0 saturated heterocycles. The SMILES string of the molecule is CCCSc1nnc(S[C@@H](C)C(=O)Nc2cc(F)ccc2F)s1. The first kappa shape index (κ1) is 18.2. The van der Waals surface area contributed by atoms with E-state index in [-0.39, 0.29) is 5.69 Å². The van der Waals surface area contributed by atoms with Gasteiger partial charge in [0.1, 0.15) is 11.6 Å². The first-order chi connectivity index (χ1) is 11.0. The maximum atomic E-state index is 13.5. The van der Waals surface area contributed by atoms with E-state index in [1.54, 1.807) is 18.7 Å². The van der Waals surface area contributed by atoms with Crippen molar-refractivity contribution < 1.29 is 13.6 Å². The molecule has 1 aromatic heterocycles. The van der Waals surface area contributed by atoms with Crippen molar-refractivity contribution in [2.75, 3.05) is 11.1 Å². The second-order valence-electron chi connectivity index (χ2n) is 4.56. The second-order valence-corrected chi connectivity index (χ2v) is 8.46. The van der Waals surface area contributed by atoms with Crippen molar-refractivity contribution in [3.8, 4) is 0 Å². The average Bonchev–Trinajstić information content (AvgIpc) is 2.96. The molecule has 0 aliphatic rings. The van der Waals surface area contributed by atoms with Crippen LogP contribution in [0, 0.1) is 11.6 Å². The molecular weight excluding hydrogens is 360 g/mol. The van der Waals surface area contributed by atoms with Gasteiger partial charge in [-0.05, 0) is 25.5 Å². The van der Waals surface area contributed by atoms with E-state index in [0.717, 1.165) is 34.7 Å². The smallest absolute Gasteiger partial charge is 0.237 e. The van der Waals surface area contributed by atoms with Gasteiger partial charge in [0.2, 0.25) is 5.91 Å². The van der Waals surface area contributed by atoms with Crippen LogP contribution < -0.4 is 5.32 Å². The molecule has 0 aliphatic carbocycles. The van der Waals surface area contributed by atoms with E-state index < -0.39 is 22.8 Å². The molecule has 0 bridgehead atoms. The summed E-state index contributed by atoms with van der Waals surface area (Å²) in [4.78, 5) is 12.1. The van der Waals surface area contributed by atoms with E-state index in [2.05, 4.69) is 22.4 Å². The van der Waals surface area contributed by atoms with Gasteiger partial charge < -0.3 is 5.32 Å². The molecule has 0 aliphatic heterocycles. The van der Waals surface area contributed by atoms with Crippen molar-refractivity contribution in [2.45, 2.75) is 34.2 Å². The standard InChI is InChI=1S/C14H15F2N3OS3/c1-3-6-21-13-18-19-14(23-13)22-8(2)12(20)17-11-7-9(15)4-5-10(11)16/h4-5,7-8H,3,6H2,1-2H3,(H,17,20)/t8-/m0/s1. The van der Waals surface area contributed by atoms with E-state index in [0.29, 0.717) is 4.34 Å². The molecule has 2 rings (SSSR count). The van der Waals surface area contributed by atoms with Gasteiger partial charge >= 0.3 is 0 Å². The Morgan fingerprint density at radius 2 is 2.09 bits per heavy atom. The lowest BCUT2D eigenvalue weighted by atomic mass is 10.3. The summed E-state index contributed by atoms with van der Waals surface area (Å²) in [5.41, 5.74) is -0.168. The topological polar surface area (TPSA) is 54.9 Å². The number of benzene rings is 1. The third kappa shape index (κ3) is 5.43. The Bertz CT molecular complexity index is 681. The van der Waals surface area contributed by atoms with Gasteiger partial charge in [-0.15, -0.1) is 10.2 Å². The van der Waals surface area contributed by atoms with Crippen LogP contribution in [-0.4, -0.2) is 27.1 Å². The molecule has 1 aromatic carbocycles. The summed E-state index contributed by atoms with van der Waals surface area (Å²) < 4.78 is 28.2. The number of nitrogens with zero attached hydrogens (tertiary/aromatic N) is 2. The molecule has 1 amide bonds. The van der Waals surface area contributed by atoms with Crippen molar-refractivity contribution in [2.24, 2.45) is 0 Å². The molecule has 1 heterocycles. The van der Waals surface area contributed by atoms with Crippen LogP contribution in [0.2, 0.25) is 0 Å². The van der Waals surface area contributed by atoms with Crippen molar-refractivity contribution in [1.29, 1.82) is 0 Å². The summed E-state index contributed by atoms with van der Waals surface area (Å²) >= 11 is 4.28. The fourth-order valence-electron chi connectivity index (χ4n) is 1.52. The van der Waals surface area contributed by atoms with Gasteiger partial charge in [0, 0.05) is 11.8 Å². The van der Waals surface area contributed by atoms with E-state index in [1.807, 2.05) is 0 Å². The van der Waals surface area contributed by atoms with Crippen molar-refractivity contribution in [1.82, 2.24) is 10.2 Å². The Balaban J connectivity index is 1.94. The van der Waals surface area contributed by atoms with Gasteiger partial charge in [0.25, 0.3) is 0 Å². The summed E-state index contributed by atoms with van der Waals surface area (Å²) in [6.45, 7) is 3.76. The maximum Gasteiger partial charge on any atom is 0.237 e. The highest BCUT2D eigenvalue weighted by Gasteiger charge is 2.19. The van der Waals surface area contributed by atoms with Crippen LogP contribution in [0.3, 0.4) is 0 Å². The Hall–Kier alpha value is -1.19. The number of amides is 1. The third-order valence-electron chi connectivity index (χ3n) is 2.65. The van der Waals surface area contributed by atoms with Crippen LogP contribution in [0.4, 0.5) is 14.5 Å². The fraction of sp³-hybridized carbons (Fsp3) is 0.357. The zero-order valence-electron chi connectivity index (χ0n) is 12.5. The fourth-order valence-corrected chi connectivity index (χ4v) is 4.61. The zero-order chi connectivity index (χ0) is 16.8. The number of carbonyl (C=O) groups is 1. The lowest BCUT2D eigenvalue weighted by Crippen LogP contribution is -2.23. The normalized spacial score (nSPS) is 12.2. The van der Waals surface area contributed by atoms with Crippen LogP contribution in [0.5, 0.6) is 0 Å². The summed E-state index contributed by atoms with van der Waals surface area (Å²) in [6.07, 6.45) is 1.05. The highest BCUT2D eigenvalue weighted by Crippen LogP contribution is 2.31. The lowest BCUT2D eigenvalue weighted by Gasteiger charge is -2.10. The average molecular weight is 375 g/mol. The first-order valence-electron chi connectivity index (χ1n) is 6.88. The highest BCUT2D eigenvalue weighted by molar-refractivity contribution is 8.03. The Morgan fingerprint density at radius 1 is 1.35 bits per heavy atom. The molecule has 23 heavy (non-hydrogen) atoms. The molecule has 0 spiro atoms. The molecule has 4 nitrogen and oxygen atoms in total. The summed E-state index contributed by atoms with van der Waals surface area (Å²) in [7, 11) is 0. The Morgan fingerprint density at radius 3 is 2.83 bits per heavy atom. The summed E-state index contributed by atoms with van der Waals surface area (Å²) in [6, 6.07) is 2.93. The minimum absolute atomic E-state index is 0.168. The predicted octanol–water partition coefficient (Wildman–Crippen LogP) is 4.44. The summed E-state index contributed by atoms with van der Waals surface area (Å²) in [5, 5.41) is 9.96. The molecular formula is C14H15F2N3OS3. The quantitative estimate of drug-likeness (QED) is 0.725. The van der Waals surface area contributed by atoms with Gasteiger partial charge in [-0.2, -0.15) is 0 Å². The van der Waals surface area contributed by atoms with Crippen LogP contribution in [0.25, 0.3) is 0 Å². The number of anilines is 1. The first-order valence-corrected chi connectivity index (χ1v) is 9.56. The number of rotatable bonds is 7. The van der Waals surface area contributed by atoms with E-state index in [9.17, 15) is 13.6 Å². The van der Waals surface area contributed by atoms with Gasteiger partial charge in [-0.25, -0.2) is 8.78 Å². The van der Waals surface area contributed by atoms with Gasteiger partial charge in [0.15, 0.2) is 8.68 Å². The Labute approximate surface area is 145 Å². The molecule has 0 unspecified atom stereocenters. The number of aromatic nitrogens is 2. The van der Waals surface area contributed by atoms with Crippen LogP contribution in [0.15, 0.2) is 26.9 Å². The number of hydrogen-bond donors (Lipinski definition) is 1. The largest absolute Gasteiger partial charge is 0.323 e. The lowest BCUT2D eigenvalue weighted by molar-refractivity contribution is -0.115. The van der Waals surface area contributed by atoms with Crippen LogP contribution in [0.1, 0.15) is 20.3 Å². The third-order valence-corrected chi connectivity index (χ3v) is 6.10. The van der Waals surface area contributed by atoms with Crippen molar-refractivity contribution in [3.63, 3.8) is 0 Å². The Kier molecular flexibility index (Phi) is 6.79. The summed E-state index contributed by atoms with van der Waals surface area (Å²) in [5.74, 6) is -0.735. The number of thioether (sulfide) groups is 2. The maximum absolute atomic E-state index is 13.5. The van der Waals surface area contributed by atoms with E-state index in [1.165, 1.54) is 23.1 Å². The van der Waals surface area contributed by atoms with Gasteiger partial charge in [-0.1, -0.05) is 41.8 Å². The molecule has 0 fully saturated rings. The van der Waals surface area contributed by atoms with Crippen LogP contribution >= 0.6 is 34.9 Å². The predicted molar refractivity (Wildman–Crippen MR) is 91.2 cm³/mol. The van der Waals surface area contributed by atoms with E-state index in [4.69, 9.17) is 0 Å². The molecule has 2 aromatic rings.